The zero-order valence-corrected chi connectivity index (χ0v) is 26.6. The van der Waals surface area contributed by atoms with Gasteiger partial charge >= 0.3 is 0 Å². The number of likely N-dealkylation sites (N-methyl/N-ethyl adjacent to an activating group) is 2. The summed E-state index contributed by atoms with van der Waals surface area (Å²) in [5.41, 5.74) is 6.88. The Hall–Kier alpha value is -4.40. The second-order valence-corrected chi connectivity index (χ2v) is 12.3. The van der Waals surface area contributed by atoms with Crippen LogP contribution in [0.15, 0.2) is 60.7 Å². The van der Waals surface area contributed by atoms with Crippen LogP contribution >= 0.6 is 0 Å². The van der Waals surface area contributed by atoms with Crippen LogP contribution in [0.1, 0.15) is 45.5 Å². The Morgan fingerprint density at radius 3 is 2.16 bits per heavy atom. The van der Waals surface area contributed by atoms with Crippen molar-refractivity contribution in [2.24, 2.45) is 0 Å². The lowest BCUT2D eigenvalue weighted by Gasteiger charge is -2.37. The third-order valence-electron chi connectivity index (χ3n) is 9.66. The molecule has 1 N–H and O–H groups in total. The number of aromatic hydroxyl groups is 1. The van der Waals surface area contributed by atoms with Crippen LogP contribution in [0.25, 0.3) is 0 Å². The molecule has 0 saturated carbocycles. The molecule has 8 nitrogen and oxygen atoms in total. The van der Waals surface area contributed by atoms with E-state index in [1.807, 2.05) is 30.3 Å². The maximum absolute atomic E-state index is 10.7. The Labute approximate surface area is 264 Å². The Morgan fingerprint density at radius 1 is 0.689 bits per heavy atom. The molecule has 0 aliphatic carbocycles. The van der Waals surface area contributed by atoms with E-state index in [-0.39, 0.29) is 17.8 Å². The van der Waals surface area contributed by atoms with E-state index in [4.69, 9.17) is 23.7 Å². The van der Waals surface area contributed by atoms with Crippen molar-refractivity contribution in [2.75, 3.05) is 48.5 Å². The van der Waals surface area contributed by atoms with Crippen LogP contribution in [-0.2, 0) is 25.7 Å². The normalized spacial score (nSPS) is 19.4. The van der Waals surface area contributed by atoms with Crippen molar-refractivity contribution >= 4 is 0 Å². The van der Waals surface area contributed by atoms with Crippen molar-refractivity contribution in [1.82, 2.24) is 9.80 Å². The predicted octanol–water partition coefficient (Wildman–Crippen LogP) is 6.86. The van der Waals surface area contributed by atoms with Crippen LogP contribution in [0.5, 0.6) is 46.0 Å². The minimum atomic E-state index is -0.0380. The van der Waals surface area contributed by atoms with Gasteiger partial charge in [0.1, 0.15) is 11.5 Å². The van der Waals surface area contributed by atoms with Crippen LogP contribution in [0.2, 0.25) is 0 Å². The molecule has 2 unspecified atom stereocenters. The molecule has 45 heavy (non-hydrogen) atoms. The van der Waals surface area contributed by atoms with Crippen molar-refractivity contribution in [3.05, 3.63) is 94.0 Å². The SMILES string of the molecule is COc1cc2c3cc1Oc1cc(OC)c(OC)c4c1C(Cc1ccc(O)c(c1)Oc1ccc(cc1)CC2N(C)CC3)N(C)CC4. The average Bonchev–Trinajstić information content (AvgIpc) is 3.05. The molecule has 0 saturated heterocycles. The van der Waals surface area contributed by atoms with Gasteiger partial charge in [0.15, 0.2) is 34.5 Å². The molecule has 10 rings (SSSR count). The highest BCUT2D eigenvalue weighted by atomic mass is 16.5. The molecule has 4 aromatic carbocycles. The number of hydrogen-bond acceptors (Lipinski definition) is 8. The lowest BCUT2D eigenvalue weighted by molar-refractivity contribution is 0.219. The first-order valence-electron chi connectivity index (χ1n) is 15.5. The summed E-state index contributed by atoms with van der Waals surface area (Å²) in [5, 5.41) is 10.7. The molecular formula is C37H40N2O6. The van der Waals surface area contributed by atoms with Gasteiger partial charge in [0.05, 0.1) is 21.3 Å². The Morgan fingerprint density at radius 2 is 1.40 bits per heavy atom. The van der Waals surface area contributed by atoms with Crippen molar-refractivity contribution in [3.63, 3.8) is 0 Å². The fourth-order valence-corrected chi connectivity index (χ4v) is 7.17. The van der Waals surface area contributed by atoms with E-state index in [9.17, 15) is 5.11 Å². The van der Waals surface area contributed by atoms with Gasteiger partial charge in [-0.25, -0.2) is 0 Å². The molecule has 0 amide bonds. The minimum absolute atomic E-state index is 0.0380. The Balaban J connectivity index is 1.45. The molecular weight excluding hydrogens is 568 g/mol. The number of hydrogen-bond donors (Lipinski definition) is 1. The smallest absolute Gasteiger partial charge is 0.169 e. The Kier molecular flexibility index (Phi) is 7.71. The maximum Gasteiger partial charge on any atom is 0.169 e. The standard InChI is InChI=1S/C37H40N2O6/c1-38-14-12-24-19-33-32(41-3)20-27(24)28(38)16-22-6-9-25(10-7-22)44-31-18-23(8-11-30(31)40)17-29-36-26(13-15-39(29)2)37(43-5)35(42-4)21-34(36)45-33/h6-11,18-21,28-29,40H,12-17H2,1-5H3. The van der Waals surface area contributed by atoms with E-state index >= 15 is 0 Å². The Bertz CT molecular complexity index is 1740. The fraction of sp³-hybridized carbons (Fsp3) is 0.351. The number of nitrogens with zero attached hydrogens (tertiary/aromatic N) is 2. The largest absolute Gasteiger partial charge is 0.504 e. The highest BCUT2D eigenvalue weighted by molar-refractivity contribution is 5.62. The summed E-state index contributed by atoms with van der Waals surface area (Å²) in [6.07, 6.45) is 3.21. The predicted molar refractivity (Wildman–Crippen MR) is 173 cm³/mol. The minimum Gasteiger partial charge on any atom is -0.504 e. The molecule has 6 heterocycles. The molecule has 0 aromatic heterocycles. The van der Waals surface area contributed by atoms with Crippen LogP contribution < -0.4 is 23.7 Å². The zero-order valence-electron chi connectivity index (χ0n) is 26.6. The second-order valence-electron chi connectivity index (χ2n) is 12.3. The highest BCUT2D eigenvalue weighted by Gasteiger charge is 2.34. The zero-order chi connectivity index (χ0) is 31.2. The monoisotopic (exact) mass is 608 g/mol. The third kappa shape index (κ3) is 5.32. The summed E-state index contributed by atoms with van der Waals surface area (Å²) in [6.45, 7) is 1.78. The van der Waals surface area contributed by atoms with E-state index < -0.39 is 0 Å². The maximum atomic E-state index is 10.7. The number of methoxy groups -OCH3 is 3. The lowest BCUT2D eigenvalue weighted by Crippen LogP contribution is -2.34. The fourth-order valence-electron chi connectivity index (χ4n) is 7.17. The first kappa shape index (κ1) is 29.3. The summed E-state index contributed by atoms with van der Waals surface area (Å²) in [7, 11) is 9.37. The van der Waals surface area contributed by atoms with Crippen LogP contribution in [0.3, 0.4) is 0 Å². The summed E-state index contributed by atoms with van der Waals surface area (Å²) in [5.74, 6) is 4.68. The van der Waals surface area contributed by atoms with Gasteiger partial charge in [-0.2, -0.15) is 0 Å². The molecule has 0 fully saturated rings. The number of rotatable bonds is 3. The molecule has 6 aliphatic heterocycles. The van der Waals surface area contributed by atoms with E-state index in [1.165, 1.54) is 16.7 Å². The van der Waals surface area contributed by atoms with Crippen molar-refractivity contribution < 1.29 is 28.8 Å². The molecule has 8 heteroatoms. The van der Waals surface area contributed by atoms with Gasteiger partial charge in [-0.3, -0.25) is 9.80 Å². The number of phenolic OH excluding ortho intramolecular Hbond substituents is 1. The molecule has 0 radical (unpaired) electrons. The quantitative estimate of drug-likeness (QED) is 0.271. The summed E-state index contributed by atoms with van der Waals surface area (Å²) >= 11 is 0. The third-order valence-corrected chi connectivity index (χ3v) is 9.66. The van der Waals surface area contributed by atoms with Crippen molar-refractivity contribution in [1.29, 1.82) is 0 Å². The van der Waals surface area contributed by atoms with E-state index in [0.29, 0.717) is 40.9 Å². The van der Waals surface area contributed by atoms with Gasteiger partial charge in [0.2, 0.25) is 0 Å². The molecule has 4 aromatic rings. The van der Waals surface area contributed by atoms with Crippen molar-refractivity contribution in [2.45, 2.75) is 37.8 Å². The molecule has 0 spiro atoms. The van der Waals surface area contributed by atoms with Crippen molar-refractivity contribution in [3.8, 4) is 46.0 Å². The molecule has 6 aliphatic rings. The number of ether oxygens (including phenoxy) is 5. The van der Waals surface area contributed by atoms with Gasteiger partial charge in [0.25, 0.3) is 0 Å². The molecule has 2 atom stereocenters. The van der Waals surface area contributed by atoms with Gasteiger partial charge in [-0.05, 0) is 98.4 Å². The summed E-state index contributed by atoms with van der Waals surface area (Å²) in [4.78, 5) is 4.75. The average molecular weight is 609 g/mol. The number of phenols is 1. The van der Waals surface area contributed by atoms with Crippen LogP contribution in [-0.4, -0.2) is 63.4 Å². The molecule has 234 valence electrons. The molecule has 8 bridgehead atoms. The van der Waals surface area contributed by atoms with Gasteiger partial charge in [-0.15, -0.1) is 0 Å². The van der Waals surface area contributed by atoms with Crippen LogP contribution in [0, 0.1) is 0 Å². The highest BCUT2D eigenvalue weighted by Crippen LogP contribution is 2.50. The van der Waals surface area contributed by atoms with Gasteiger partial charge in [-0.1, -0.05) is 18.2 Å². The number of benzene rings is 4. The lowest BCUT2D eigenvalue weighted by atomic mass is 9.87. The second kappa shape index (κ2) is 11.8. The summed E-state index contributed by atoms with van der Waals surface area (Å²) in [6, 6.07) is 20.2. The van der Waals surface area contributed by atoms with Crippen LogP contribution in [0.4, 0.5) is 0 Å². The van der Waals surface area contributed by atoms with E-state index in [1.54, 1.807) is 27.4 Å². The summed E-state index contributed by atoms with van der Waals surface area (Å²) < 4.78 is 30.9. The van der Waals surface area contributed by atoms with E-state index in [0.717, 1.165) is 54.8 Å². The van der Waals surface area contributed by atoms with Gasteiger partial charge in [0, 0.05) is 42.4 Å². The first-order valence-corrected chi connectivity index (χ1v) is 15.5. The topological polar surface area (TPSA) is 72.9 Å². The first-order chi connectivity index (χ1) is 21.9. The van der Waals surface area contributed by atoms with Gasteiger partial charge < -0.3 is 28.8 Å². The van der Waals surface area contributed by atoms with E-state index in [2.05, 4.69) is 48.2 Å².